The molecule has 0 radical (unpaired) electrons. The summed E-state index contributed by atoms with van der Waals surface area (Å²) in [4.78, 5) is 71.9. The Bertz CT molecular complexity index is 1210. The van der Waals surface area contributed by atoms with E-state index in [1.54, 1.807) is 13.0 Å². The maximum absolute atomic E-state index is 13.7. The van der Waals surface area contributed by atoms with Crippen LogP contribution in [0.25, 0.3) is 0 Å². The first-order valence-electron chi connectivity index (χ1n) is 11.1. The van der Waals surface area contributed by atoms with Gasteiger partial charge in [0.1, 0.15) is 12.9 Å². The summed E-state index contributed by atoms with van der Waals surface area (Å²) >= 11 is 0. The number of phenolic OH excluding ortho intramolecular Hbond substituents is 1. The second-order valence-corrected chi connectivity index (χ2v) is 9.63. The Morgan fingerprint density at radius 3 is 2.43 bits per heavy atom. The van der Waals surface area contributed by atoms with Crippen LogP contribution in [-0.2, 0) is 30.4 Å². The number of likely N-dealkylation sites (N-methyl/N-ethyl adjacent to an activating group) is 1. The summed E-state index contributed by atoms with van der Waals surface area (Å²) in [5, 5.41) is 26.0. The Balaban J connectivity index is 1.89. The SMILES string of the molecule is CON=C(C)c1ccc(O)c2c1C[C@H]1C[C@H]3[C@H](N(C)C)C(=O)C(C(N)=O)C(=O)[C@@]3(O)C(=O)C1C2=O. The molecule has 1 aromatic rings. The van der Waals surface area contributed by atoms with Crippen LogP contribution in [0.2, 0.25) is 0 Å². The van der Waals surface area contributed by atoms with Crippen LogP contribution >= 0.6 is 0 Å². The number of oxime groups is 1. The molecular formula is C24H27N3O8. The number of rotatable bonds is 4. The van der Waals surface area contributed by atoms with Gasteiger partial charge in [-0.15, -0.1) is 0 Å². The number of aliphatic hydroxyl groups is 1. The molecule has 2 saturated carbocycles. The zero-order valence-corrected chi connectivity index (χ0v) is 19.8. The van der Waals surface area contributed by atoms with Crippen molar-refractivity contribution in [2.45, 2.75) is 31.4 Å². The third kappa shape index (κ3) is 3.33. The number of nitrogens with two attached hydrogens (primary N) is 1. The van der Waals surface area contributed by atoms with Gasteiger partial charge in [0.15, 0.2) is 34.7 Å². The summed E-state index contributed by atoms with van der Waals surface area (Å²) < 4.78 is 0. The Hall–Kier alpha value is -3.44. The molecule has 35 heavy (non-hydrogen) atoms. The summed E-state index contributed by atoms with van der Waals surface area (Å²) in [6.45, 7) is 1.67. The van der Waals surface area contributed by atoms with E-state index in [9.17, 15) is 34.2 Å². The zero-order valence-electron chi connectivity index (χ0n) is 19.8. The molecule has 1 aromatic carbocycles. The van der Waals surface area contributed by atoms with E-state index < -0.39 is 64.4 Å². The number of amides is 1. The lowest BCUT2D eigenvalue weighted by molar-refractivity contribution is -0.181. The van der Waals surface area contributed by atoms with Crippen LogP contribution in [-0.4, -0.2) is 82.7 Å². The van der Waals surface area contributed by atoms with E-state index in [2.05, 4.69) is 5.16 Å². The number of Topliss-reactive ketones (excluding diaryl/α,β-unsaturated/α-hetero) is 4. The first kappa shape index (κ1) is 24.7. The highest BCUT2D eigenvalue weighted by Crippen LogP contribution is 2.51. The van der Waals surface area contributed by atoms with Gasteiger partial charge in [-0.1, -0.05) is 5.16 Å². The van der Waals surface area contributed by atoms with Crippen molar-refractivity contribution in [3.05, 3.63) is 28.8 Å². The van der Waals surface area contributed by atoms with Crippen molar-refractivity contribution in [2.24, 2.45) is 34.6 Å². The molecule has 0 heterocycles. The number of nitrogens with zero attached hydrogens (tertiary/aromatic N) is 2. The van der Waals surface area contributed by atoms with E-state index in [4.69, 9.17) is 10.6 Å². The molecule has 1 amide bonds. The topological polar surface area (TPSA) is 177 Å². The molecule has 2 unspecified atom stereocenters. The molecule has 4 rings (SSSR count). The second kappa shape index (κ2) is 8.35. The van der Waals surface area contributed by atoms with Gasteiger partial charge in [-0.2, -0.15) is 0 Å². The van der Waals surface area contributed by atoms with Crippen LogP contribution in [0.3, 0.4) is 0 Å². The van der Waals surface area contributed by atoms with Crippen LogP contribution in [0.4, 0.5) is 0 Å². The molecule has 3 aliphatic rings. The first-order chi connectivity index (χ1) is 16.4. The van der Waals surface area contributed by atoms with Crippen molar-refractivity contribution in [1.29, 1.82) is 0 Å². The monoisotopic (exact) mass is 485 g/mol. The van der Waals surface area contributed by atoms with E-state index in [0.29, 0.717) is 16.8 Å². The Morgan fingerprint density at radius 1 is 1.20 bits per heavy atom. The minimum absolute atomic E-state index is 0.0144. The molecular weight excluding hydrogens is 458 g/mol. The van der Waals surface area contributed by atoms with Gasteiger partial charge >= 0.3 is 0 Å². The first-order valence-corrected chi connectivity index (χ1v) is 11.1. The fraction of sp³-hybridized carbons (Fsp3) is 0.500. The van der Waals surface area contributed by atoms with Crippen molar-refractivity contribution in [2.75, 3.05) is 21.2 Å². The molecule has 6 atom stereocenters. The summed E-state index contributed by atoms with van der Waals surface area (Å²) in [5.74, 6) is -10.7. The third-order valence-corrected chi connectivity index (χ3v) is 7.56. The van der Waals surface area contributed by atoms with Crippen LogP contribution in [0.15, 0.2) is 17.3 Å². The van der Waals surface area contributed by atoms with Crippen molar-refractivity contribution in [3.63, 3.8) is 0 Å². The standard InChI is InChI=1S/C24H27N3O8/c1-9(26-35-4)11-5-6-14(28)16-12(11)7-10-8-13-18(27(2)3)20(30)17(23(25)33)22(32)24(13,34)21(31)15(10)19(16)29/h5-6,10,13,15,17-18,28,34H,7-8H2,1-4H3,(H2,25,33)/t10-,13-,15?,17?,18-,24-/m0/s1. The van der Waals surface area contributed by atoms with E-state index in [1.165, 1.54) is 32.2 Å². The van der Waals surface area contributed by atoms with Crippen molar-refractivity contribution < 1.29 is 39.0 Å². The molecule has 0 aliphatic heterocycles. The fourth-order valence-electron chi connectivity index (χ4n) is 6.13. The highest BCUT2D eigenvalue weighted by atomic mass is 16.6. The molecule has 186 valence electrons. The number of ketones is 4. The lowest BCUT2D eigenvalue weighted by atomic mass is 9.52. The van der Waals surface area contributed by atoms with Crippen LogP contribution in [0.1, 0.15) is 34.8 Å². The number of hydrogen-bond acceptors (Lipinski definition) is 10. The fourth-order valence-corrected chi connectivity index (χ4v) is 6.13. The van der Waals surface area contributed by atoms with Crippen molar-refractivity contribution in [1.82, 2.24) is 4.90 Å². The molecule has 11 heteroatoms. The summed E-state index contributed by atoms with van der Waals surface area (Å²) in [6, 6.07) is 1.76. The van der Waals surface area contributed by atoms with Gasteiger partial charge in [-0.3, -0.25) is 28.9 Å². The van der Waals surface area contributed by atoms with Gasteiger partial charge in [0, 0.05) is 11.5 Å². The quantitative estimate of drug-likeness (QED) is 0.281. The minimum atomic E-state index is -2.74. The van der Waals surface area contributed by atoms with E-state index in [1.807, 2.05) is 0 Å². The summed E-state index contributed by atoms with van der Waals surface area (Å²) in [5.41, 5.74) is 3.95. The predicted octanol–water partition coefficient (Wildman–Crippen LogP) is -0.763. The molecule has 4 N–H and O–H groups in total. The average Bonchev–Trinajstić information content (AvgIpc) is 2.76. The van der Waals surface area contributed by atoms with E-state index in [-0.39, 0.29) is 24.2 Å². The van der Waals surface area contributed by atoms with E-state index >= 15 is 0 Å². The average molecular weight is 485 g/mol. The number of carbonyl (C=O) groups excluding carboxylic acids is 5. The number of benzene rings is 1. The largest absolute Gasteiger partial charge is 0.507 e. The molecule has 0 aromatic heterocycles. The van der Waals surface area contributed by atoms with Gasteiger partial charge in [0.2, 0.25) is 5.91 Å². The van der Waals surface area contributed by atoms with Gasteiger partial charge in [0.05, 0.1) is 23.2 Å². The summed E-state index contributed by atoms with van der Waals surface area (Å²) in [6.07, 6.45) is 0.144. The van der Waals surface area contributed by atoms with Crippen molar-refractivity contribution in [3.8, 4) is 5.75 Å². The number of fused-ring (bicyclic) bond motifs is 3. The van der Waals surface area contributed by atoms with Gasteiger partial charge in [-0.25, -0.2) is 0 Å². The molecule has 2 fully saturated rings. The second-order valence-electron chi connectivity index (χ2n) is 9.63. The Kier molecular flexibility index (Phi) is 5.89. The van der Waals surface area contributed by atoms with Crippen LogP contribution < -0.4 is 5.73 Å². The Labute approximate surface area is 200 Å². The van der Waals surface area contributed by atoms with Gasteiger partial charge in [0.25, 0.3) is 0 Å². The molecule has 0 bridgehead atoms. The number of carbonyl (C=O) groups is 5. The molecule has 0 saturated heterocycles. The lowest BCUT2D eigenvalue weighted by Crippen LogP contribution is -2.74. The Morgan fingerprint density at radius 2 is 1.86 bits per heavy atom. The minimum Gasteiger partial charge on any atom is -0.507 e. The van der Waals surface area contributed by atoms with Crippen molar-refractivity contribution >= 4 is 34.8 Å². The maximum atomic E-state index is 13.7. The number of hydrogen-bond donors (Lipinski definition) is 3. The number of primary amides is 1. The molecule has 11 nitrogen and oxygen atoms in total. The number of phenols is 1. The maximum Gasteiger partial charge on any atom is 0.235 e. The smallest absolute Gasteiger partial charge is 0.235 e. The lowest BCUT2D eigenvalue weighted by Gasteiger charge is -2.52. The van der Waals surface area contributed by atoms with Gasteiger partial charge in [-0.05, 0) is 57.5 Å². The zero-order chi connectivity index (χ0) is 26.0. The molecule has 3 aliphatic carbocycles. The highest BCUT2D eigenvalue weighted by Gasteiger charge is 2.69. The predicted molar refractivity (Wildman–Crippen MR) is 121 cm³/mol. The summed E-state index contributed by atoms with van der Waals surface area (Å²) in [7, 11) is 4.45. The van der Waals surface area contributed by atoms with E-state index in [0.717, 1.165) is 0 Å². The van der Waals surface area contributed by atoms with Crippen LogP contribution in [0.5, 0.6) is 5.75 Å². The highest BCUT2D eigenvalue weighted by molar-refractivity contribution is 6.32. The molecule has 0 spiro atoms. The number of aromatic hydroxyl groups is 1. The normalized spacial score (nSPS) is 32.7. The van der Waals surface area contributed by atoms with Crippen LogP contribution in [0, 0.1) is 23.7 Å². The van der Waals surface area contributed by atoms with Gasteiger partial charge < -0.3 is 20.8 Å². The third-order valence-electron chi connectivity index (χ3n) is 7.56.